The summed E-state index contributed by atoms with van der Waals surface area (Å²) >= 11 is 0. The molecular weight excluding hydrogens is 397 g/mol. The minimum Gasteiger partial charge on any atom is -0.486 e. The topological polar surface area (TPSA) is 75.6 Å². The lowest BCUT2D eigenvalue weighted by Crippen LogP contribution is -2.25. The minimum absolute atomic E-state index is 0.0816. The third kappa shape index (κ3) is 6.15. The van der Waals surface area contributed by atoms with Gasteiger partial charge >= 0.3 is 5.97 Å². The zero-order valence-electron chi connectivity index (χ0n) is 17.2. The number of amides is 1. The predicted molar refractivity (Wildman–Crippen MR) is 117 cm³/mol. The summed E-state index contributed by atoms with van der Waals surface area (Å²) in [7, 11) is 0. The summed E-state index contributed by atoms with van der Waals surface area (Å²) in [5, 5.41) is 11.2. The number of carboxylic acid groups (broad SMARTS) is 1. The van der Waals surface area contributed by atoms with Crippen molar-refractivity contribution in [3.63, 3.8) is 0 Å². The fourth-order valence-corrected chi connectivity index (χ4v) is 3.15. The van der Waals surface area contributed by atoms with Gasteiger partial charge in [-0.15, -0.1) is 0 Å². The van der Waals surface area contributed by atoms with Crippen LogP contribution in [-0.4, -0.2) is 23.5 Å². The Bertz CT molecular complexity index is 1010. The van der Waals surface area contributed by atoms with Crippen molar-refractivity contribution < 1.29 is 23.8 Å². The second-order valence-electron chi connectivity index (χ2n) is 7.07. The fraction of sp³-hybridized carbons (Fsp3) is 0.200. The first-order valence-electron chi connectivity index (χ1n) is 10.1. The summed E-state index contributed by atoms with van der Waals surface area (Å²) in [6.45, 7) is 2.11. The van der Waals surface area contributed by atoms with E-state index in [9.17, 15) is 14.0 Å². The Morgan fingerprint density at radius 3 is 2.06 bits per heavy atom. The molecule has 3 rings (SSSR count). The Balaban J connectivity index is 1.63. The lowest BCUT2D eigenvalue weighted by Gasteiger charge is -2.18. The molecule has 0 aliphatic heterocycles. The Labute approximate surface area is 180 Å². The molecule has 0 aliphatic carbocycles. The quantitative estimate of drug-likeness (QED) is 0.496. The number of carboxylic acids is 1. The van der Waals surface area contributed by atoms with E-state index in [1.54, 1.807) is 36.4 Å². The van der Waals surface area contributed by atoms with E-state index in [0.717, 1.165) is 23.1 Å². The normalized spacial score (nSPS) is 11.5. The Morgan fingerprint density at radius 2 is 1.52 bits per heavy atom. The summed E-state index contributed by atoms with van der Waals surface area (Å²) in [5.74, 6) is -0.906. The molecule has 1 atom stereocenters. The van der Waals surface area contributed by atoms with Crippen LogP contribution < -0.4 is 10.1 Å². The number of nitrogens with one attached hydrogen (secondary N) is 1. The van der Waals surface area contributed by atoms with Crippen molar-refractivity contribution >= 4 is 11.9 Å². The smallest absolute Gasteiger partial charge is 0.305 e. The maximum Gasteiger partial charge on any atom is 0.305 e. The van der Waals surface area contributed by atoms with Crippen molar-refractivity contribution in [3.05, 3.63) is 89.7 Å². The molecular formula is C25H24FNO4. The van der Waals surface area contributed by atoms with Gasteiger partial charge in [-0.05, 0) is 59.5 Å². The molecule has 6 heteroatoms. The highest BCUT2D eigenvalue weighted by molar-refractivity contribution is 5.94. The molecule has 3 aromatic rings. The van der Waals surface area contributed by atoms with Gasteiger partial charge in [0.15, 0.2) is 0 Å². The van der Waals surface area contributed by atoms with Crippen LogP contribution in [0, 0.1) is 5.82 Å². The van der Waals surface area contributed by atoms with Gasteiger partial charge in [-0.1, -0.05) is 43.3 Å². The molecule has 0 fully saturated rings. The number of rotatable bonds is 9. The predicted octanol–water partition coefficient (Wildman–Crippen LogP) is 5.23. The molecule has 31 heavy (non-hydrogen) atoms. The van der Waals surface area contributed by atoms with E-state index in [1.807, 2.05) is 31.2 Å². The van der Waals surface area contributed by atoms with Crippen LogP contribution in [0.3, 0.4) is 0 Å². The maximum absolute atomic E-state index is 13.1. The highest BCUT2D eigenvalue weighted by Gasteiger charge is 2.13. The van der Waals surface area contributed by atoms with Gasteiger partial charge < -0.3 is 15.2 Å². The van der Waals surface area contributed by atoms with Gasteiger partial charge in [0.1, 0.15) is 17.7 Å². The molecule has 160 valence electrons. The third-order valence-corrected chi connectivity index (χ3v) is 4.85. The van der Waals surface area contributed by atoms with E-state index in [1.165, 1.54) is 12.1 Å². The summed E-state index contributed by atoms with van der Waals surface area (Å²) in [4.78, 5) is 22.6. The highest BCUT2D eigenvalue weighted by Crippen LogP contribution is 2.27. The maximum atomic E-state index is 13.1. The van der Waals surface area contributed by atoms with Crippen LogP contribution in [0.2, 0.25) is 0 Å². The monoisotopic (exact) mass is 421 g/mol. The van der Waals surface area contributed by atoms with Crippen molar-refractivity contribution in [1.29, 1.82) is 0 Å². The van der Waals surface area contributed by atoms with Gasteiger partial charge in [0.2, 0.25) is 0 Å². The van der Waals surface area contributed by atoms with Crippen LogP contribution >= 0.6 is 0 Å². The number of halogens is 1. The van der Waals surface area contributed by atoms with E-state index in [0.29, 0.717) is 11.3 Å². The molecule has 0 spiro atoms. The van der Waals surface area contributed by atoms with Gasteiger partial charge in [-0.25, -0.2) is 4.39 Å². The standard InChI is InChI=1S/C25H24FNO4/c1-2-23(19-5-3-17(4-6-19)18-7-11-21(26)12-8-18)31-22-13-9-20(10-14-22)25(30)27-16-15-24(28)29/h3-14,23H,2,15-16H2,1H3,(H,27,30)(H,28,29). The van der Waals surface area contributed by atoms with Crippen molar-refractivity contribution in [1.82, 2.24) is 5.32 Å². The van der Waals surface area contributed by atoms with Gasteiger partial charge in [-0.2, -0.15) is 0 Å². The Hall–Kier alpha value is -3.67. The molecule has 1 amide bonds. The average Bonchev–Trinajstić information content (AvgIpc) is 2.78. The van der Waals surface area contributed by atoms with E-state index < -0.39 is 5.97 Å². The largest absolute Gasteiger partial charge is 0.486 e. The first-order valence-corrected chi connectivity index (χ1v) is 10.1. The van der Waals surface area contributed by atoms with E-state index in [4.69, 9.17) is 9.84 Å². The van der Waals surface area contributed by atoms with Crippen LogP contribution in [-0.2, 0) is 4.79 Å². The molecule has 3 aromatic carbocycles. The number of hydrogen-bond acceptors (Lipinski definition) is 3. The van der Waals surface area contributed by atoms with Crippen molar-refractivity contribution in [2.75, 3.05) is 6.54 Å². The molecule has 0 heterocycles. The van der Waals surface area contributed by atoms with Crippen LogP contribution in [0.15, 0.2) is 72.8 Å². The summed E-state index contributed by atoms with van der Waals surface area (Å²) in [6.07, 6.45) is 0.482. The first kappa shape index (κ1) is 22.0. The summed E-state index contributed by atoms with van der Waals surface area (Å²) < 4.78 is 19.2. The Kier molecular flexibility index (Phi) is 7.38. The molecule has 2 N–H and O–H groups in total. The number of carbonyl (C=O) groups is 2. The third-order valence-electron chi connectivity index (χ3n) is 4.85. The molecule has 0 bridgehead atoms. The van der Waals surface area contributed by atoms with E-state index in [-0.39, 0.29) is 30.8 Å². The number of hydrogen-bond donors (Lipinski definition) is 2. The minimum atomic E-state index is -0.958. The van der Waals surface area contributed by atoms with Crippen molar-refractivity contribution in [3.8, 4) is 16.9 Å². The number of ether oxygens (including phenoxy) is 1. The molecule has 0 aliphatic rings. The van der Waals surface area contributed by atoms with Crippen LogP contribution in [0.25, 0.3) is 11.1 Å². The average molecular weight is 421 g/mol. The van der Waals surface area contributed by atoms with Crippen LogP contribution in [0.5, 0.6) is 5.75 Å². The summed E-state index contributed by atoms with van der Waals surface area (Å²) in [5.41, 5.74) is 3.40. The van der Waals surface area contributed by atoms with Crippen molar-refractivity contribution in [2.24, 2.45) is 0 Å². The highest BCUT2D eigenvalue weighted by atomic mass is 19.1. The van der Waals surface area contributed by atoms with Crippen LogP contribution in [0.1, 0.15) is 41.8 Å². The van der Waals surface area contributed by atoms with Gasteiger partial charge in [-0.3, -0.25) is 9.59 Å². The Morgan fingerprint density at radius 1 is 0.935 bits per heavy atom. The number of benzene rings is 3. The first-order chi connectivity index (χ1) is 15.0. The lowest BCUT2D eigenvalue weighted by molar-refractivity contribution is -0.136. The molecule has 0 aromatic heterocycles. The molecule has 5 nitrogen and oxygen atoms in total. The number of carbonyl (C=O) groups excluding carboxylic acids is 1. The second kappa shape index (κ2) is 10.4. The zero-order valence-corrected chi connectivity index (χ0v) is 17.2. The van der Waals surface area contributed by atoms with Gasteiger partial charge in [0.25, 0.3) is 5.91 Å². The van der Waals surface area contributed by atoms with Crippen LogP contribution in [0.4, 0.5) is 4.39 Å². The lowest BCUT2D eigenvalue weighted by atomic mass is 10.0. The van der Waals surface area contributed by atoms with Gasteiger partial charge in [0.05, 0.1) is 6.42 Å². The molecule has 1 unspecified atom stereocenters. The number of aliphatic carboxylic acids is 1. The SMILES string of the molecule is CCC(Oc1ccc(C(=O)NCCC(=O)O)cc1)c1ccc(-c2ccc(F)cc2)cc1. The van der Waals surface area contributed by atoms with Crippen molar-refractivity contribution in [2.45, 2.75) is 25.9 Å². The molecule has 0 radical (unpaired) electrons. The zero-order chi connectivity index (χ0) is 22.2. The fourth-order valence-electron chi connectivity index (χ4n) is 3.15. The van der Waals surface area contributed by atoms with E-state index >= 15 is 0 Å². The second-order valence-corrected chi connectivity index (χ2v) is 7.07. The summed E-state index contributed by atoms with van der Waals surface area (Å²) in [6, 6.07) is 21.1. The van der Waals surface area contributed by atoms with Gasteiger partial charge in [0, 0.05) is 12.1 Å². The molecule has 0 saturated carbocycles. The van der Waals surface area contributed by atoms with E-state index in [2.05, 4.69) is 5.32 Å². The molecule has 0 saturated heterocycles.